The maximum Gasteiger partial charge on any atom is 0.256 e. The van der Waals surface area contributed by atoms with E-state index in [9.17, 15) is 9.59 Å². The molecular weight excluding hydrogens is 458 g/mol. The predicted molar refractivity (Wildman–Crippen MR) is 124 cm³/mol. The molecule has 7 nitrogen and oxygen atoms in total. The van der Waals surface area contributed by atoms with E-state index in [0.717, 1.165) is 58.7 Å². The first kappa shape index (κ1) is 21.5. The number of halogens is 1. The molecule has 1 aromatic carbocycles. The van der Waals surface area contributed by atoms with Gasteiger partial charge in [0.05, 0.1) is 12.1 Å². The average molecular weight is 484 g/mol. The molecule has 31 heavy (non-hydrogen) atoms. The van der Waals surface area contributed by atoms with Crippen LogP contribution in [0.1, 0.15) is 46.7 Å². The van der Waals surface area contributed by atoms with Crippen LogP contribution in [-0.2, 0) is 17.8 Å². The number of carbonyl (C=O) groups is 2. The van der Waals surface area contributed by atoms with Crippen LogP contribution in [0.25, 0.3) is 11.2 Å². The highest BCUT2D eigenvalue weighted by Gasteiger charge is 2.23. The third-order valence-corrected chi connectivity index (χ3v) is 6.11. The van der Waals surface area contributed by atoms with Gasteiger partial charge >= 0.3 is 0 Å². The number of anilines is 1. The number of carbonyl (C=O) groups excluding carboxylic acids is 2. The molecule has 2 aromatic heterocycles. The van der Waals surface area contributed by atoms with E-state index >= 15 is 0 Å². The zero-order chi connectivity index (χ0) is 22.1. The highest BCUT2D eigenvalue weighted by Crippen LogP contribution is 2.25. The summed E-state index contributed by atoms with van der Waals surface area (Å²) in [5.41, 5.74) is 4.34. The lowest BCUT2D eigenvalue weighted by Gasteiger charge is -2.18. The van der Waals surface area contributed by atoms with Gasteiger partial charge in [-0.15, -0.1) is 0 Å². The van der Waals surface area contributed by atoms with Gasteiger partial charge in [-0.05, 0) is 56.5 Å². The summed E-state index contributed by atoms with van der Waals surface area (Å²) < 4.78 is 3.10. The molecule has 0 spiro atoms. The number of hydrogen-bond acceptors (Lipinski definition) is 4. The molecule has 4 rings (SSSR count). The Hall–Kier alpha value is -2.74. The maximum absolute atomic E-state index is 13.3. The van der Waals surface area contributed by atoms with Crippen molar-refractivity contribution < 1.29 is 9.59 Å². The van der Waals surface area contributed by atoms with Crippen LogP contribution in [0.5, 0.6) is 0 Å². The Morgan fingerprint density at radius 3 is 2.74 bits per heavy atom. The number of fused-ring (bicyclic) bond motifs is 3. The van der Waals surface area contributed by atoms with Crippen LogP contribution in [0, 0.1) is 13.8 Å². The third kappa shape index (κ3) is 4.49. The van der Waals surface area contributed by atoms with E-state index in [1.54, 1.807) is 13.1 Å². The molecule has 0 aliphatic carbocycles. The quantitative estimate of drug-likeness (QED) is 0.601. The van der Waals surface area contributed by atoms with Crippen LogP contribution in [0.2, 0.25) is 0 Å². The molecule has 1 aliphatic heterocycles. The Bertz CT molecular complexity index is 1170. The molecule has 8 heteroatoms. The van der Waals surface area contributed by atoms with E-state index in [1.807, 2.05) is 32.0 Å². The summed E-state index contributed by atoms with van der Waals surface area (Å²) in [6.45, 7) is 4.63. The largest absolute Gasteiger partial charge is 0.332 e. The molecule has 0 fully saturated rings. The second-order valence-corrected chi connectivity index (χ2v) is 9.06. The van der Waals surface area contributed by atoms with Gasteiger partial charge in [-0.1, -0.05) is 22.4 Å². The molecule has 0 unspecified atom stereocenters. The summed E-state index contributed by atoms with van der Waals surface area (Å²) in [5.74, 6) is 0.515. The van der Waals surface area contributed by atoms with E-state index in [0.29, 0.717) is 11.1 Å². The Morgan fingerprint density at radius 1 is 1.16 bits per heavy atom. The van der Waals surface area contributed by atoms with E-state index in [2.05, 4.69) is 30.8 Å². The number of hydrogen-bond donors (Lipinski definition) is 1. The Kier molecular flexibility index (Phi) is 6.09. The van der Waals surface area contributed by atoms with Crippen LogP contribution in [-0.4, -0.2) is 44.8 Å². The van der Waals surface area contributed by atoms with Crippen LogP contribution in [0.15, 0.2) is 28.7 Å². The minimum absolute atomic E-state index is 0.0508. The van der Waals surface area contributed by atoms with Crippen molar-refractivity contribution in [1.29, 1.82) is 0 Å². The molecule has 0 saturated carbocycles. The van der Waals surface area contributed by atoms with Crippen LogP contribution in [0.4, 0.5) is 5.69 Å². The number of nitrogens with one attached hydrogen (secondary N) is 1. The zero-order valence-corrected chi connectivity index (χ0v) is 19.6. The van der Waals surface area contributed by atoms with E-state index in [4.69, 9.17) is 4.98 Å². The number of rotatable bonds is 4. The van der Waals surface area contributed by atoms with Crippen molar-refractivity contribution in [3.63, 3.8) is 0 Å². The van der Waals surface area contributed by atoms with Gasteiger partial charge in [0.25, 0.3) is 5.91 Å². The minimum Gasteiger partial charge on any atom is -0.332 e. The van der Waals surface area contributed by atoms with E-state index in [-0.39, 0.29) is 18.4 Å². The lowest BCUT2D eigenvalue weighted by molar-refractivity contribution is -0.116. The Balaban J connectivity index is 1.56. The van der Waals surface area contributed by atoms with Crippen molar-refractivity contribution in [2.75, 3.05) is 18.9 Å². The van der Waals surface area contributed by atoms with Crippen molar-refractivity contribution in [2.24, 2.45) is 0 Å². The SMILES string of the molecule is Cc1cc(C(=O)N(C)CC(=O)Nc2ccc(Br)cc2C)c2nc3n(c2n1)CCCCC3. The summed E-state index contributed by atoms with van der Waals surface area (Å²) in [6, 6.07) is 7.42. The lowest BCUT2D eigenvalue weighted by atomic mass is 10.1. The van der Waals surface area contributed by atoms with Crippen molar-refractivity contribution in [3.05, 3.63) is 51.4 Å². The van der Waals surface area contributed by atoms with Crippen molar-refractivity contribution >= 4 is 44.6 Å². The summed E-state index contributed by atoms with van der Waals surface area (Å²) >= 11 is 3.42. The van der Waals surface area contributed by atoms with Crippen molar-refractivity contribution in [3.8, 4) is 0 Å². The molecule has 2 amide bonds. The van der Waals surface area contributed by atoms with E-state index < -0.39 is 0 Å². The molecule has 1 N–H and O–H groups in total. The number of nitrogens with zero attached hydrogens (tertiary/aromatic N) is 4. The van der Waals surface area contributed by atoms with Crippen molar-refractivity contribution in [2.45, 2.75) is 46.1 Å². The second-order valence-electron chi connectivity index (χ2n) is 8.14. The molecule has 3 aromatic rings. The fourth-order valence-electron chi connectivity index (χ4n) is 4.03. The number of amides is 2. The monoisotopic (exact) mass is 483 g/mol. The smallest absolute Gasteiger partial charge is 0.256 e. The predicted octanol–water partition coefficient (Wildman–Crippen LogP) is 4.25. The molecule has 0 saturated heterocycles. The molecule has 0 radical (unpaired) electrons. The fraction of sp³-hybridized carbons (Fsp3) is 0.391. The number of aromatic nitrogens is 3. The number of benzene rings is 1. The Labute approximate surface area is 190 Å². The number of likely N-dealkylation sites (N-methyl/N-ethyl adjacent to an activating group) is 1. The minimum atomic E-state index is -0.246. The summed E-state index contributed by atoms with van der Waals surface area (Å²) in [4.78, 5) is 36.7. The first-order valence-electron chi connectivity index (χ1n) is 10.5. The molecular formula is C23H26BrN5O2. The van der Waals surface area contributed by atoms with Crippen LogP contribution >= 0.6 is 15.9 Å². The molecule has 162 valence electrons. The molecule has 3 heterocycles. The Morgan fingerprint density at radius 2 is 1.97 bits per heavy atom. The summed E-state index contributed by atoms with van der Waals surface area (Å²) in [6.07, 6.45) is 4.26. The van der Waals surface area contributed by atoms with Gasteiger partial charge in [-0.3, -0.25) is 9.59 Å². The topological polar surface area (TPSA) is 80.1 Å². The second kappa shape index (κ2) is 8.78. The van der Waals surface area contributed by atoms with Gasteiger partial charge in [0.15, 0.2) is 5.65 Å². The highest BCUT2D eigenvalue weighted by atomic mass is 79.9. The fourth-order valence-corrected chi connectivity index (χ4v) is 4.50. The molecule has 0 bridgehead atoms. The maximum atomic E-state index is 13.3. The normalized spacial score (nSPS) is 13.5. The van der Waals surface area contributed by atoms with Crippen molar-refractivity contribution in [1.82, 2.24) is 19.4 Å². The summed E-state index contributed by atoms with van der Waals surface area (Å²) in [7, 11) is 1.64. The van der Waals surface area contributed by atoms with Gasteiger partial charge in [-0.2, -0.15) is 0 Å². The number of imidazole rings is 1. The van der Waals surface area contributed by atoms with E-state index in [1.165, 1.54) is 11.3 Å². The zero-order valence-electron chi connectivity index (χ0n) is 18.0. The molecule has 0 atom stereocenters. The average Bonchev–Trinajstić information content (AvgIpc) is 2.90. The van der Waals surface area contributed by atoms with Crippen LogP contribution < -0.4 is 5.32 Å². The van der Waals surface area contributed by atoms with Gasteiger partial charge in [-0.25, -0.2) is 9.97 Å². The summed E-state index contributed by atoms with van der Waals surface area (Å²) in [5, 5.41) is 2.88. The first-order valence-corrected chi connectivity index (χ1v) is 11.3. The van der Waals surface area contributed by atoms with Gasteiger partial charge in [0.1, 0.15) is 11.3 Å². The standard InChI is InChI=1S/C23H26BrN5O2/c1-14-11-16(24)8-9-18(14)26-20(30)13-28(3)23(31)17-12-15(2)25-22-21(17)27-19-7-5-4-6-10-29(19)22/h8-9,11-12H,4-7,10,13H2,1-3H3,(H,26,30). The highest BCUT2D eigenvalue weighted by molar-refractivity contribution is 9.10. The third-order valence-electron chi connectivity index (χ3n) is 5.61. The lowest BCUT2D eigenvalue weighted by Crippen LogP contribution is -2.35. The molecule has 1 aliphatic rings. The van der Waals surface area contributed by atoms with Gasteiger partial charge in [0, 0.05) is 35.9 Å². The van der Waals surface area contributed by atoms with Gasteiger partial charge in [0.2, 0.25) is 5.91 Å². The number of pyridine rings is 1. The number of aryl methyl sites for hydroxylation is 4. The van der Waals surface area contributed by atoms with Gasteiger partial charge < -0.3 is 14.8 Å². The first-order chi connectivity index (χ1) is 14.8. The van der Waals surface area contributed by atoms with Crippen LogP contribution in [0.3, 0.4) is 0 Å².